The van der Waals surface area contributed by atoms with Crippen molar-refractivity contribution in [2.24, 2.45) is 0 Å². The number of carbonyl (C=O) groups is 1. The Hall–Kier alpha value is -1.79. The summed E-state index contributed by atoms with van der Waals surface area (Å²) in [7, 11) is 0. The zero-order valence-corrected chi connectivity index (χ0v) is 13.5. The third kappa shape index (κ3) is 4.89. The molecule has 0 saturated heterocycles. The topological polar surface area (TPSA) is 67.2 Å². The van der Waals surface area contributed by atoms with Crippen LogP contribution in [0.25, 0.3) is 0 Å². The molecule has 2 rings (SSSR count). The molecule has 0 spiro atoms. The quantitative estimate of drug-likeness (QED) is 0.731. The van der Waals surface area contributed by atoms with Crippen LogP contribution in [0.5, 0.6) is 0 Å². The van der Waals surface area contributed by atoms with Gasteiger partial charge in [0.15, 0.2) is 5.16 Å². The molecule has 1 heterocycles. The number of carbonyl (C=O) groups excluding carboxylic acids is 1. The fourth-order valence-corrected chi connectivity index (χ4v) is 2.81. The lowest BCUT2D eigenvalue weighted by Gasteiger charge is -2.07. The Morgan fingerprint density at radius 2 is 2.14 bits per heavy atom. The molecule has 118 valence electrons. The van der Waals surface area contributed by atoms with Crippen LogP contribution in [-0.2, 0) is 17.9 Å². The molecule has 5 nitrogen and oxygen atoms in total. The number of nitrogens with zero attached hydrogens (tertiary/aromatic N) is 2. The molecule has 6 heteroatoms. The fraction of sp³-hybridized carbons (Fsp3) is 0.375. The van der Waals surface area contributed by atoms with E-state index in [1.165, 1.54) is 11.8 Å². The maximum Gasteiger partial charge on any atom is 0.230 e. The maximum atomic E-state index is 11.7. The molecule has 2 aromatic rings. The van der Waals surface area contributed by atoms with Crippen molar-refractivity contribution in [1.29, 1.82) is 0 Å². The summed E-state index contributed by atoms with van der Waals surface area (Å²) < 4.78 is 1.97. The average Bonchev–Trinajstić information content (AvgIpc) is 2.94. The first-order valence-corrected chi connectivity index (χ1v) is 8.31. The molecule has 1 aromatic carbocycles. The molecule has 0 aliphatic heterocycles. The number of aliphatic hydroxyl groups is 1. The second kappa shape index (κ2) is 8.60. The van der Waals surface area contributed by atoms with Crippen molar-refractivity contribution >= 4 is 17.7 Å². The van der Waals surface area contributed by atoms with Gasteiger partial charge in [0, 0.05) is 19.3 Å². The summed E-state index contributed by atoms with van der Waals surface area (Å²) >= 11 is 1.39. The Morgan fingerprint density at radius 1 is 1.36 bits per heavy atom. The van der Waals surface area contributed by atoms with E-state index in [1.54, 1.807) is 0 Å². The molecule has 22 heavy (non-hydrogen) atoms. The van der Waals surface area contributed by atoms with E-state index in [0.717, 1.165) is 17.1 Å². The van der Waals surface area contributed by atoms with Crippen molar-refractivity contribution in [3.05, 3.63) is 47.8 Å². The number of aromatic nitrogens is 2. The third-order valence-electron chi connectivity index (χ3n) is 3.05. The Labute approximate surface area is 134 Å². The van der Waals surface area contributed by atoms with Crippen molar-refractivity contribution in [3.8, 4) is 0 Å². The molecule has 0 radical (unpaired) electrons. The highest BCUT2D eigenvalue weighted by Gasteiger charge is 2.11. The van der Waals surface area contributed by atoms with E-state index in [4.69, 9.17) is 0 Å². The summed E-state index contributed by atoms with van der Waals surface area (Å²) in [5, 5.41) is 12.9. The predicted molar refractivity (Wildman–Crippen MR) is 87.7 cm³/mol. The highest BCUT2D eigenvalue weighted by Crippen LogP contribution is 2.19. The second-order valence-corrected chi connectivity index (χ2v) is 5.87. The van der Waals surface area contributed by atoms with Gasteiger partial charge in [-0.15, -0.1) is 0 Å². The van der Waals surface area contributed by atoms with Crippen LogP contribution in [0.2, 0.25) is 0 Å². The molecule has 0 bridgehead atoms. The van der Waals surface area contributed by atoms with E-state index in [2.05, 4.69) is 10.3 Å². The fourth-order valence-electron chi connectivity index (χ4n) is 1.98. The molecular formula is C16H21N3O2S. The third-order valence-corrected chi connectivity index (χ3v) is 4.04. The number of rotatable bonds is 8. The van der Waals surface area contributed by atoms with E-state index in [9.17, 15) is 9.90 Å². The van der Waals surface area contributed by atoms with Gasteiger partial charge in [0.2, 0.25) is 5.91 Å². The molecule has 0 atom stereocenters. The van der Waals surface area contributed by atoms with Gasteiger partial charge in [-0.2, -0.15) is 0 Å². The summed E-state index contributed by atoms with van der Waals surface area (Å²) in [5.41, 5.74) is 1.77. The summed E-state index contributed by atoms with van der Waals surface area (Å²) in [5.74, 6) is 0.336. The molecule has 0 aliphatic rings. The second-order valence-electron chi connectivity index (χ2n) is 4.93. The highest BCUT2D eigenvalue weighted by atomic mass is 32.2. The monoisotopic (exact) mass is 319 g/mol. The zero-order valence-electron chi connectivity index (χ0n) is 12.7. The normalized spacial score (nSPS) is 10.6. The van der Waals surface area contributed by atoms with Gasteiger partial charge in [-0.1, -0.05) is 49.0 Å². The van der Waals surface area contributed by atoms with Gasteiger partial charge in [0.1, 0.15) is 0 Å². The SMILES string of the molecule is CCCNC(=O)CSc1nc(CO)cn1Cc1ccccc1. The molecule has 1 aromatic heterocycles. The largest absolute Gasteiger partial charge is 0.390 e. The van der Waals surface area contributed by atoms with Crippen LogP contribution in [0.1, 0.15) is 24.6 Å². The first-order valence-electron chi connectivity index (χ1n) is 7.33. The first-order chi connectivity index (χ1) is 10.7. The van der Waals surface area contributed by atoms with Crippen LogP contribution in [0.4, 0.5) is 0 Å². The number of aliphatic hydroxyl groups excluding tert-OH is 1. The summed E-state index contributed by atoms with van der Waals surface area (Å²) in [6, 6.07) is 10.0. The van der Waals surface area contributed by atoms with Crippen molar-refractivity contribution in [2.45, 2.75) is 31.7 Å². The Morgan fingerprint density at radius 3 is 2.82 bits per heavy atom. The Kier molecular flexibility index (Phi) is 6.48. The molecule has 2 N–H and O–H groups in total. The summed E-state index contributed by atoms with van der Waals surface area (Å²) in [6.07, 6.45) is 2.76. The van der Waals surface area contributed by atoms with Gasteiger partial charge in [0.05, 0.1) is 18.1 Å². The van der Waals surface area contributed by atoms with E-state index >= 15 is 0 Å². The van der Waals surface area contributed by atoms with Crippen LogP contribution < -0.4 is 5.32 Å². The number of amides is 1. The summed E-state index contributed by atoms with van der Waals surface area (Å²) in [4.78, 5) is 16.1. The zero-order chi connectivity index (χ0) is 15.8. The van der Waals surface area contributed by atoms with Crippen molar-refractivity contribution in [2.75, 3.05) is 12.3 Å². The van der Waals surface area contributed by atoms with Gasteiger partial charge in [-0.25, -0.2) is 4.98 Å². The standard InChI is InChI=1S/C16H21N3O2S/c1-2-8-17-15(21)12-22-16-18-14(11-20)10-19(16)9-13-6-4-3-5-7-13/h3-7,10,20H,2,8-9,11-12H2,1H3,(H,17,21). The van der Waals surface area contributed by atoms with Gasteiger partial charge in [0.25, 0.3) is 0 Å². The maximum absolute atomic E-state index is 11.7. The minimum Gasteiger partial charge on any atom is -0.390 e. The number of thioether (sulfide) groups is 1. The van der Waals surface area contributed by atoms with Crippen LogP contribution in [0.15, 0.2) is 41.7 Å². The highest BCUT2D eigenvalue weighted by molar-refractivity contribution is 7.99. The van der Waals surface area contributed by atoms with Crippen LogP contribution in [0.3, 0.4) is 0 Å². The van der Waals surface area contributed by atoms with Crippen LogP contribution in [0, 0.1) is 0 Å². The van der Waals surface area contributed by atoms with Crippen LogP contribution in [-0.4, -0.2) is 32.9 Å². The van der Waals surface area contributed by atoms with Crippen molar-refractivity contribution in [1.82, 2.24) is 14.9 Å². The number of benzene rings is 1. The van der Waals surface area contributed by atoms with Gasteiger partial charge < -0.3 is 15.0 Å². The van der Waals surface area contributed by atoms with E-state index in [1.807, 2.05) is 48.0 Å². The molecule has 0 saturated carbocycles. The van der Waals surface area contributed by atoms with Gasteiger partial charge in [-0.05, 0) is 12.0 Å². The van der Waals surface area contributed by atoms with Crippen LogP contribution >= 0.6 is 11.8 Å². The van der Waals surface area contributed by atoms with Gasteiger partial charge >= 0.3 is 0 Å². The first kappa shape index (κ1) is 16.6. The minimum absolute atomic E-state index is 0.00617. The number of imidazole rings is 1. The Bertz CT molecular complexity index is 599. The molecule has 0 unspecified atom stereocenters. The van der Waals surface area contributed by atoms with E-state index < -0.39 is 0 Å². The lowest BCUT2D eigenvalue weighted by molar-refractivity contribution is -0.118. The minimum atomic E-state index is -0.0998. The van der Waals surface area contributed by atoms with Crippen molar-refractivity contribution in [3.63, 3.8) is 0 Å². The predicted octanol–water partition coefficient (Wildman–Crippen LogP) is 2.04. The number of hydrogen-bond acceptors (Lipinski definition) is 4. The molecule has 0 aliphatic carbocycles. The van der Waals surface area contributed by atoms with E-state index in [0.29, 0.717) is 24.5 Å². The lowest BCUT2D eigenvalue weighted by atomic mass is 10.2. The van der Waals surface area contributed by atoms with Crippen molar-refractivity contribution < 1.29 is 9.90 Å². The Balaban J connectivity index is 2.03. The number of hydrogen-bond donors (Lipinski definition) is 2. The van der Waals surface area contributed by atoms with E-state index in [-0.39, 0.29) is 12.5 Å². The molecular weight excluding hydrogens is 298 g/mol. The molecule has 0 fully saturated rings. The number of nitrogens with one attached hydrogen (secondary N) is 1. The summed E-state index contributed by atoms with van der Waals surface area (Å²) in [6.45, 7) is 3.29. The van der Waals surface area contributed by atoms with Gasteiger partial charge in [-0.3, -0.25) is 4.79 Å². The average molecular weight is 319 g/mol. The lowest BCUT2D eigenvalue weighted by Crippen LogP contribution is -2.25. The smallest absolute Gasteiger partial charge is 0.230 e. The molecule has 1 amide bonds.